The minimum atomic E-state index is -5.71. The van der Waals surface area contributed by atoms with E-state index in [9.17, 15) is 33.6 Å². The van der Waals surface area contributed by atoms with Gasteiger partial charge in [0.05, 0.1) is 6.61 Å². The summed E-state index contributed by atoms with van der Waals surface area (Å²) in [5.74, 6) is -0.122. The Kier molecular flexibility index (Phi) is 7.20. The van der Waals surface area contributed by atoms with Gasteiger partial charge in [-0.2, -0.15) is 13.6 Å². The van der Waals surface area contributed by atoms with E-state index in [4.69, 9.17) is 25.2 Å². The largest absolute Gasteiger partial charge is 0.490 e. The van der Waals surface area contributed by atoms with Crippen molar-refractivity contribution in [1.29, 1.82) is 0 Å². The van der Waals surface area contributed by atoms with Crippen LogP contribution < -0.4 is 11.4 Å². The molecule has 0 radical (unpaired) electrons. The number of hydrogen-bond donors (Lipinski definition) is 7. The summed E-state index contributed by atoms with van der Waals surface area (Å²) in [4.78, 5) is 50.5. The van der Waals surface area contributed by atoms with E-state index in [1.807, 2.05) is 0 Å². The molecule has 0 amide bonds. The van der Waals surface area contributed by atoms with Gasteiger partial charge in [-0.1, -0.05) is 0 Å². The zero-order chi connectivity index (χ0) is 22.2. The van der Waals surface area contributed by atoms with Gasteiger partial charge in [0.25, 0.3) is 0 Å². The lowest BCUT2D eigenvalue weighted by Crippen LogP contribution is -2.36. The molecule has 166 valence electrons. The molecule has 0 aliphatic carbocycles. The predicted molar refractivity (Wildman–Crippen MR) is 88.6 cm³/mol. The normalized spacial score (nSPS) is 29.3. The maximum atomic E-state index is 11.8. The zero-order valence-electron chi connectivity index (χ0n) is 13.9. The average molecular weight is 483 g/mol. The number of nitrogens with zero attached hydrogens (tertiary/aromatic N) is 2. The van der Waals surface area contributed by atoms with Crippen LogP contribution in [-0.2, 0) is 31.6 Å². The SMILES string of the molecule is Nc1ccn([C@H]2O[C@@H](COP(=O)(O)OP(=O)(O)OP(=O)(O)O)[C@@H](O)[C@@H]2O)c(=O)n1. The fraction of sp³-hybridized carbons (Fsp3) is 0.556. The van der Waals surface area contributed by atoms with Crippen LogP contribution in [0.3, 0.4) is 0 Å². The highest BCUT2D eigenvalue weighted by Gasteiger charge is 2.46. The smallest absolute Gasteiger partial charge is 0.387 e. The molecule has 0 aromatic carbocycles. The minimum Gasteiger partial charge on any atom is -0.387 e. The van der Waals surface area contributed by atoms with E-state index >= 15 is 0 Å². The van der Waals surface area contributed by atoms with Crippen LogP contribution in [0.5, 0.6) is 0 Å². The van der Waals surface area contributed by atoms with Crippen LogP contribution in [0.4, 0.5) is 5.82 Å². The van der Waals surface area contributed by atoms with Crippen molar-refractivity contribution < 1.29 is 61.4 Å². The first-order chi connectivity index (χ1) is 13.1. The summed E-state index contributed by atoms with van der Waals surface area (Å²) < 4.78 is 50.8. The van der Waals surface area contributed by atoms with Crippen molar-refractivity contribution in [2.24, 2.45) is 0 Å². The molecule has 2 rings (SSSR count). The van der Waals surface area contributed by atoms with Crippen LogP contribution in [-0.4, -0.2) is 64.3 Å². The van der Waals surface area contributed by atoms with Gasteiger partial charge in [0.15, 0.2) is 6.23 Å². The number of aromatic nitrogens is 2. The third-order valence-corrected chi connectivity index (χ3v) is 7.08. The maximum Gasteiger partial charge on any atom is 0.490 e. The summed E-state index contributed by atoms with van der Waals surface area (Å²) >= 11 is 0. The fourth-order valence-electron chi connectivity index (χ4n) is 2.19. The molecule has 1 fully saturated rings. The van der Waals surface area contributed by atoms with E-state index in [-0.39, 0.29) is 5.82 Å². The van der Waals surface area contributed by atoms with E-state index < -0.39 is 60.3 Å². The van der Waals surface area contributed by atoms with E-state index in [1.54, 1.807) is 0 Å². The van der Waals surface area contributed by atoms with Gasteiger partial charge in [-0.25, -0.2) is 18.5 Å². The number of ether oxygens (including phenoxy) is 1. The molecule has 17 nitrogen and oxygen atoms in total. The highest BCUT2D eigenvalue weighted by molar-refractivity contribution is 7.66. The van der Waals surface area contributed by atoms with E-state index in [2.05, 4.69) is 18.1 Å². The lowest BCUT2D eigenvalue weighted by Gasteiger charge is -2.19. The maximum absolute atomic E-state index is 11.8. The van der Waals surface area contributed by atoms with Gasteiger partial charge >= 0.3 is 29.2 Å². The molecule has 2 heterocycles. The molecule has 1 aromatic rings. The minimum absolute atomic E-state index is 0.122. The molecule has 1 aliphatic heterocycles. The Labute approximate surface area is 160 Å². The number of anilines is 1. The molecule has 29 heavy (non-hydrogen) atoms. The number of aliphatic hydroxyl groups is 2. The molecule has 8 N–H and O–H groups in total. The Bertz CT molecular complexity index is 946. The number of rotatable bonds is 8. The number of aliphatic hydroxyl groups excluding tert-OH is 2. The zero-order valence-corrected chi connectivity index (χ0v) is 16.6. The second kappa shape index (κ2) is 8.61. The lowest BCUT2D eigenvalue weighted by molar-refractivity contribution is -0.0541. The highest BCUT2D eigenvalue weighted by atomic mass is 31.3. The molecule has 0 spiro atoms. The summed E-state index contributed by atoms with van der Waals surface area (Å²) in [5.41, 5.74) is 4.39. The van der Waals surface area contributed by atoms with Crippen LogP contribution in [0.1, 0.15) is 6.23 Å². The van der Waals surface area contributed by atoms with Gasteiger partial charge in [-0.05, 0) is 6.07 Å². The summed E-state index contributed by atoms with van der Waals surface area (Å²) in [7, 11) is -16.7. The quantitative estimate of drug-likeness (QED) is 0.193. The second-order valence-corrected chi connectivity index (χ2v) is 9.90. The van der Waals surface area contributed by atoms with Gasteiger partial charge < -0.3 is 40.3 Å². The summed E-state index contributed by atoms with van der Waals surface area (Å²) in [6.07, 6.45) is -5.38. The van der Waals surface area contributed by atoms with Gasteiger partial charge in [0, 0.05) is 6.20 Å². The lowest BCUT2D eigenvalue weighted by atomic mass is 10.1. The molecule has 0 bridgehead atoms. The second-order valence-electron chi connectivity index (χ2n) is 5.48. The Morgan fingerprint density at radius 2 is 1.72 bits per heavy atom. The van der Waals surface area contributed by atoms with E-state index in [0.29, 0.717) is 0 Å². The third-order valence-electron chi connectivity index (χ3n) is 3.28. The van der Waals surface area contributed by atoms with Crippen LogP contribution >= 0.6 is 23.5 Å². The van der Waals surface area contributed by atoms with Crippen LogP contribution in [0.2, 0.25) is 0 Å². The van der Waals surface area contributed by atoms with Crippen molar-refractivity contribution >= 4 is 29.3 Å². The van der Waals surface area contributed by atoms with Gasteiger partial charge in [0.2, 0.25) is 0 Å². The van der Waals surface area contributed by atoms with Gasteiger partial charge in [0.1, 0.15) is 24.1 Å². The number of phosphoric acid groups is 3. The Morgan fingerprint density at radius 3 is 2.28 bits per heavy atom. The Morgan fingerprint density at radius 1 is 1.10 bits per heavy atom. The topological polar surface area (TPSA) is 270 Å². The molecule has 6 atom stereocenters. The number of nitrogen functional groups attached to an aromatic ring is 1. The number of phosphoric ester groups is 1. The van der Waals surface area contributed by atoms with E-state index in [1.165, 1.54) is 6.07 Å². The molecule has 1 saturated heterocycles. The van der Waals surface area contributed by atoms with Crippen molar-refractivity contribution in [2.45, 2.75) is 24.5 Å². The van der Waals surface area contributed by atoms with E-state index in [0.717, 1.165) is 10.8 Å². The summed E-state index contributed by atoms with van der Waals surface area (Å²) in [6.45, 7) is -1.02. The van der Waals surface area contributed by atoms with Crippen molar-refractivity contribution in [3.63, 3.8) is 0 Å². The monoisotopic (exact) mass is 483 g/mol. The van der Waals surface area contributed by atoms with Crippen molar-refractivity contribution in [1.82, 2.24) is 9.55 Å². The molecule has 20 heteroatoms. The van der Waals surface area contributed by atoms with Crippen LogP contribution in [0.15, 0.2) is 17.1 Å². The molecule has 1 aliphatic rings. The molecule has 2 unspecified atom stereocenters. The first-order valence-corrected chi connectivity index (χ1v) is 11.8. The Balaban J connectivity index is 2.05. The van der Waals surface area contributed by atoms with Gasteiger partial charge in [-0.15, -0.1) is 0 Å². The average Bonchev–Trinajstić information content (AvgIpc) is 2.78. The standard InChI is InChI=1S/C9H16N3O14P3/c10-5-1-2-12(9(15)11-5)8-7(14)6(13)4(24-8)3-23-28(19,20)26-29(21,22)25-27(16,17)18/h1-2,4,6-8,13-14H,3H2,(H,19,20)(H,21,22)(H2,10,11,15)(H2,16,17,18)/t4-,6+,7-,8-/m0/s1. The van der Waals surface area contributed by atoms with Gasteiger partial charge in [-0.3, -0.25) is 9.09 Å². The summed E-state index contributed by atoms with van der Waals surface area (Å²) in [6, 6.07) is 1.20. The molecule has 1 aromatic heterocycles. The Hall–Kier alpha value is -1.03. The highest BCUT2D eigenvalue weighted by Crippen LogP contribution is 2.66. The number of hydrogen-bond acceptors (Lipinski definition) is 12. The van der Waals surface area contributed by atoms with Crippen molar-refractivity contribution in [3.05, 3.63) is 22.7 Å². The number of nitrogens with two attached hydrogens (primary N) is 1. The molecule has 0 saturated carbocycles. The van der Waals surface area contributed by atoms with Crippen molar-refractivity contribution in [2.75, 3.05) is 12.3 Å². The molecular weight excluding hydrogens is 467 g/mol. The summed E-state index contributed by atoms with van der Waals surface area (Å²) in [5, 5.41) is 20.0. The van der Waals surface area contributed by atoms with Crippen molar-refractivity contribution in [3.8, 4) is 0 Å². The molecular formula is C9H16N3O14P3. The first kappa shape index (κ1) is 24.2. The van der Waals surface area contributed by atoms with Crippen LogP contribution in [0.25, 0.3) is 0 Å². The van der Waals surface area contributed by atoms with Crippen LogP contribution in [0, 0.1) is 0 Å². The third kappa shape index (κ3) is 6.73. The fourth-order valence-corrected chi connectivity index (χ4v) is 5.22. The first-order valence-electron chi connectivity index (χ1n) is 7.25. The predicted octanol–water partition coefficient (Wildman–Crippen LogP) is -2.21.